The maximum absolute atomic E-state index is 10.2. The lowest BCUT2D eigenvalue weighted by atomic mass is 10.2. The van der Waals surface area contributed by atoms with Gasteiger partial charge in [-0.05, 0) is 43.6 Å². The lowest BCUT2D eigenvalue weighted by Crippen LogP contribution is -2.36. The van der Waals surface area contributed by atoms with Crippen LogP contribution < -0.4 is 4.74 Å². The zero-order valence-electron chi connectivity index (χ0n) is 17.7. The molecule has 166 valence electrons. The van der Waals surface area contributed by atoms with Crippen molar-refractivity contribution in [3.8, 4) is 5.75 Å². The number of hydrogen-bond acceptors (Lipinski definition) is 6. The van der Waals surface area contributed by atoms with Crippen LogP contribution in [-0.2, 0) is 20.9 Å². The number of nitrogens with zero attached hydrogens (tertiary/aromatic N) is 1. The van der Waals surface area contributed by atoms with E-state index in [2.05, 4.69) is 18.7 Å². The molecule has 8 nitrogen and oxygen atoms in total. The number of carboxylic acids is 2. The third kappa shape index (κ3) is 14.5. The Labute approximate surface area is 173 Å². The first-order valence-corrected chi connectivity index (χ1v) is 9.91. The Morgan fingerprint density at radius 3 is 2.14 bits per heavy atom. The third-order valence-corrected chi connectivity index (χ3v) is 4.02. The molecule has 0 saturated heterocycles. The van der Waals surface area contributed by atoms with E-state index in [1.807, 2.05) is 24.3 Å². The van der Waals surface area contributed by atoms with Gasteiger partial charge in [0.25, 0.3) is 0 Å². The fourth-order valence-electron chi connectivity index (χ4n) is 2.48. The zero-order chi connectivity index (χ0) is 22.1. The van der Waals surface area contributed by atoms with Gasteiger partial charge in [0.2, 0.25) is 0 Å². The van der Waals surface area contributed by atoms with Gasteiger partial charge < -0.3 is 29.7 Å². The van der Waals surface area contributed by atoms with Gasteiger partial charge >= 0.3 is 11.9 Å². The molecule has 1 atom stereocenters. The minimum absolute atomic E-state index is 0.367. The maximum Gasteiger partial charge on any atom is 0.414 e. The quantitative estimate of drug-likeness (QED) is 0.423. The normalized spacial score (nSPS) is 11.5. The molecular weight excluding hydrogens is 378 g/mol. The molecule has 0 amide bonds. The Morgan fingerprint density at radius 2 is 1.66 bits per heavy atom. The third-order valence-electron chi connectivity index (χ3n) is 4.02. The molecule has 0 aliphatic rings. The number of ether oxygens (including phenoxy) is 2. The SMILES string of the molecule is CCCCN(CCCC)CC(O)COCc1cccc(OC)c1.O=C(O)C(=O)O. The van der Waals surface area contributed by atoms with E-state index >= 15 is 0 Å². The van der Waals surface area contributed by atoms with Gasteiger partial charge in [0.15, 0.2) is 0 Å². The Bertz CT molecular complexity index is 560. The van der Waals surface area contributed by atoms with Crippen molar-refractivity contribution in [2.45, 2.75) is 52.2 Å². The summed E-state index contributed by atoms with van der Waals surface area (Å²) in [5.74, 6) is -2.82. The van der Waals surface area contributed by atoms with Crippen LogP contribution in [0.2, 0.25) is 0 Å². The van der Waals surface area contributed by atoms with Crippen LogP contribution in [0.1, 0.15) is 45.1 Å². The number of aliphatic hydroxyl groups is 1. The molecule has 0 bridgehead atoms. The molecule has 29 heavy (non-hydrogen) atoms. The summed E-state index contributed by atoms with van der Waals surface area (Å²) in [6, 6.07) is 7.83. The average Bonchev–Trinajstić information content (AvgIpc) is 2.70. The Hall–Kier alpha value is -2.16. The second-order valence-electron chi connectivity index (χ2n) is 6.64. The number of methoxy groups -OCH3 is 1. The molecule has 0 saturated carbocycles. The summed E-state index contributed by atoms with van der Waals surface area (Å²) in [7, 11) is 1.66. The number of rotatable bonds is 13. The molecule has 0 fully saturated rings. The number of aliphatic hydroxyl groups excluding tert-OH is 1. The van der Waals surface area contributed by atoms with Crippen molar-refractivity contribution in [1.29, 1.82) is 0 Å². The van der Waals surface area contributed by atoms with Gasteiger partial charge in [-0.25, -0.2) is 9.59 Å². The van der Waals surface area contributed by atoms with Crippen molar-refractivity contribution in [3.05, 3.63) is 29.8 Å². The second-order valence-corrected chi connectivity index (χ2v) is 6.64. The first-order valence-electron chi connectivity index (χ1n) is 9.91. The standard InChI is InChI=1S/C19H33NO3.C2H2O4/c1-4-6-11-20(12-7-5-2)14-18(21)16-23-15-17-9-8-10-19(13-17)22-3;3-1(4)2(5)6/h8-10,13,18,21H,4-7,11-12,14-16H2,1-3H3;(H,3,4)(H,5,6). The van der Waals surface area contributed by atoms with Gasteiger partial charge in [-0.1, -0.05) is 38.8 Å². The van der Waals surface area contributed by atoms with Gasteiger partial charge in [-0.15, -0.1) is 0 Å². The van der Waals surface area contributed by atoms with Crippen LogP contribution in [0.5, 0.6) is 5.75 Å². The van der Waals surface area contributed by atoms with E-state index in [9.17, 15) is 5.11 Å². The Balaban J connectivity index is 0.00000113. The van der Waals surface area contributed by atoms with Gasteiger partial charge in [-0.2, -0.15) is 0 Å². The lowest BCUT2D eigenvalue weighted by molar-refractivity contribution is -0.159. The van der Waals surface area contributed by atoms with Crippen molar-refractivity contribution in [1.82, 2.24) is 4.90 Å². The first-order chi connectivity index (χ1) is 13.8. The van der Waals surface area contributed by atoms with Gasteiger partial charge in [0.05, 0.1) is 26.4 Å². The second kappa shape index (κ2) is 16.8. The van der Waals surface area contributed by atoms with Gasteiger partial charge in [0.1, 0.15) is 5.75 Å². The summed E-state index contributed by atoms with van der Waals surface area (Å²) < 4.78 is 10.9. The van der Waals surface area contributed by atoms with E-state index in [1.165, 1.54) is 25.7 Å². The van der Waals surface area contributed by atoms with E-state index in [0.29, 0.717) is 19.8 Å². The summed E-state index contributed by atoms with van der Waals surface area (Å²) in [5, 5.41) is 25.0. The summed E-state index contributed by atoms with van der Waals surface area (Å²) in [5.41, 5.74) is 1.06. The highest BCUT2D eigenvalue weighted by Crippen LogP contribution is 2.13. The largest absolute Gasteiger partial charge is 0.497 e. The number of carbonyl (C=O) groups is 2. The van der Waals surface area contributed by atoms with Crippen LogP contribution in [0.25, 0.3) is 0 Å². The van der Waals surface area contributed by atoms with Gasteiger partial charge in [0, 0.05) is 6.54 Å². The molecular formula is C21H35NO7. The highest BCUT2D eigenvalue weighted by molar-refractivity contribution is 6.27. The smallest absolute Gasteiger partial charge is 0.414 e. The van der Waals surface area contributed by atoms with Crippen molar-refractivity contribution in [3.63, 3.8) is 0 Å². The predicted molar refractivity (Wildman–Crippen MR) is 110 cm³/mol. The first kappa shape index (κ1) is 26.8. The van der Waals surface area contributed by atoms with Gasteiger partial charge in [-0.3, -0.25) is 0 Å². The summed E-state index contributed by atoms with van der Waals surface area (Å²) in [6.07, 6.45) is 4.30. The molecule has 1 aromatic carbocycles. The fraction of sp³-hybridized carbons (Fsp3) is 0.619. The number of aliphatic carboxylic acids is 2. The summed E-state index contributed by atoms with van der Waals surface area (Å²) >= 11 is 0. The molecule has 1 rings (SSSR count). The Kier molecular flexibility index (Phi) is 15.5. The molecule has 0 aromatic heterocycles. The fourth-order valence-corrected chi connectivity index (χ4v) is 2.48. The van der Waals surface area contributed by atoms with Crippen molar-refractivity contribution >= 4 is 11.9 Å². The van der Waals surface area contributed by atoms with E-state index < -0.39 is 18.0 Å². The van der Waals surface area contributed by atoms with Crippen molar-refractivity contribution in [2.75, 3.05) is 33.4 Å². The number of hydrogen-bond donors (Lipinski definition) is 3. The minimum atomic E-state index is -1.82. The number of unbranched alkanes of at least 4 members (excludes halogenated alkanes) is 2. The van der Waals surface area contributed by atoms with Crippen LogP contribution >= 0.6 is 0 Å². The molecule has 0 radical (unpaired) electrons. The zero-order valence-corrected chi connectivity index (χ0v) is 17.7. The average molecular weight is 414 g/mol. The highest BCUT2D eigenvalue weighted by atomic mass is 16.5. The lowest BCUT2D eigenvalue weighted by Gasteiger charge is -2.24. The predicted octanol–water partition coefficient (Wildman–Crippen LogP) is 2.63. The highest BCUT2D eigenvalue weighted by Gasteiger charge is 2.11. The van der Waals surface area contributed by atoms with Crippen LogP contribution in [0.3, 0.4) is 0 Å². The molecule has 0 aliphatic carbocycles. The molecule has 8 heteroatoms. The van der Waals surface area contributed by atoms with E-state index in [-0.39, 0.29) is 0 Å². The van der Waals surface area contributed by atoms with Crippen molar-refractivity contribution in [2.24, 2.45) is 0 Å². The topological polar surface area (TPSA) is 117 Å². The summed E-state index contributed by atoms with van der Waals surface area (Å²) in [6.45, 7) is 8.08. The molecule has 1 aromatic rings. The number of benzene rings is 1. The van der Waals surface area contributed by atoms with Crippen LogP contribution in [0.4, 0.5) is 0 Å². The molecule has 3 N–H and O–H groups in total. The van der Waals surface area contributed by atoms with E-state index in [1.54, 1.807) is 7.11 Å². The number of carboxylic acid groups (broad SMARTS) is 2. The van der Waals surface area contributed by atoms with Crippen LogP contribution in [0, 0.1) is 0 Å². The van der Waals surface area contributed by atoms with E-state index in [4.69, 9.17) is 29.3 Å². The van der Waals surface area contributed by atoms with E-state index in [0.717, 1.165) is 24.4 Å². The van der Waals surface area contributed by atoms with Crippen LogP contribution in [-0.4, -0.2) is 71.6 Å². The Morgan fingerprint density at radius 1 is 1.07 bits per heavy atom. The summed E-state index contributed by atoms with van der Waals surface area (Å²) in [4.78, 5) is 20.6. The van der Waals surface area contributed by atoms with Crippen molar-refractivity contribution < 1.29 is 34.4 Å². The molecule has 0 aliphatic heterocycles. The monoisotopic (exact) mass is 413 g/mol. The molecule has 0 spiro atoms. The van der Waals surface area contributed by atoms with Crippen LogP contribution in [0.15, 0.2) is 24.3 Å². The molecule has 1 unspecified atom stereocenters. The minimum Gasteiger partial charge on any atom is -0.497 e. The molecule has 0 heterocycles. The maximum atomic E-state index is 10.2.